The lowest BCUT2D eigenvalue weighted by molar-refractivity contribution is 0.669. The molecule has 0 fully saturated rings. The van der Waals surface area contributed by atoms with Gasteiger partial charge in [-0.2, -0.15) is 0 Å². The van der Waals surface area contributed by atoms with Gasteiger partial charge in [-0.15, -0.1) is 0 Å². The van der Waals surface area contributed by atoms with Gasteiger partial charge < -0.3 is 9.73 Å². The number of pyridine rings is 1. The molecule has 5 heteroatoms. The Balaban J connectivity index is 1.22. The minimum absolute atomic E-state index is 0.309. The van der Waals surface area contributed by atoms with E-state index in [1.165, 1.54) is 5.56 Å². The highest BCUT2D eigenvalue weighted by Gasteiger charge is 2.21. The number of hydrogen-bond donors (Lipinski definition) is 1. The molecule has 7 aromatic rings. The van der Waals surface area contributed by atoms with E-state index in [0.29, 0.717) is 11.7 Å². The highest BCUT2D eigenvalue weighted by molar-refractivity contribution is 6.14. The third-order valence-electron chi connectivity index (χ3n) is 8.57. The Morgan fingerprint density at radius 3 is 2.12 bits per heavy atom. The maximum atomic E-state index is 6.29. The number of hydrogen-bond acceptors (Lipinski definition) is 5. The molecule has 0 saturated carbocycles. The van der Waals surface area contributed by atoms with Gasteiger partial charge >= 0.3 is 0 Å². The average molecular weight is 633 g/mol. The van der Waals surface area contributed by atoms with E-state index in [-0.39, 0.29) is 6.17 Å². The fourth-order valence-electron chi connectivity index (χ4n) is 6.05. The summed E-state index contributed by atoms with van der Waals surface area (Å²) in [5.74, 6) is 1.32. The van der Waals surface area contributed by atoms with Crippen molar-refractivity contribution in [1.82, 2.24) is 10.3 Å². The number of amidine groups is 2. The molecular formula is C44H32N4O. The second-order valence-electron chi connectivity index (χ2n) is 11.9. The summed E-state index contributed by atoms with van der Waals surface area (Å²) in [6.07, 6.45) is 9.56. The molecule has 2 aromatic heterocycles. The van der Waals surface area contributed by atoms with Gasteiger partial charge in [-0.05, 0) is 69.8 Å². The SMILES string of the molecule is C=C(/C=C(\C=C\c1cccnc1)c1ccc2oc3ccc(-c4ccccc4)cc3c2c1)C1=NC(c2ccccc2)=NC(c2ccccc2)N1. The molecule has 1 aliphatic heterocycles. The highest BCUT2D eigenvalue weighted by Crippen LogP contribution is 2.35. The number of nitrogens with one attached hydrogen (secondary N) is 1. The Hall–Kier alpha value is -6.59. The van der Waals surface area contributed by atoms with Gasteiger partial charge in [0.1, 0.15) is 23.2 Å². The van der Waals surface area contributed by atoms with Crippen molar-refractivity contribution in [2.45, 2.75) is 6.17 Å². The zero-order valence-corrected chi connectivity index (χ0v) is 26.7. The van der Waals surface area contributed by atoms with Crippen LogP contribution < -0.4 is 5.32 Å². The summed E-state index contributed by atoms with van der Waals surface area (Å²) in [5.41, 5.74) is 9.72. The lowest BCUT2D eigenvalue weighted by Gasteiger charge is -2.24. The van der Waals surface area contributed by atoms with Gasteiger partial charge in [0.15, 0.2) is 5.84 Å². The first kappa shape index (κ1) is 29.8. The quantitative estimate of drug-likeness (QED) is 0.170. The lowest BCUT2D eigenvalue weighted by Crippen LogP contribution is -2.33. The second-order valence-corrected chi connectivity index (χ2v) is 11.9. The highest BCUT2D eigenvalue weighted by atomic mass is 16.3. The Morgan fingerprint density at radius 2 is 1.39 bits per heavy atom. The van der Waals surface area contributed by atoms with Crippen molar-refractivity contribution in [2.75, 3.05) is 0 Å². The van der Waals surface area contributed by atoms with Crippen molar-refractivity contribution in [1.29, 1.82) is 0 Å². The number of nitrogens with zero attached hydrogens (tertiary/aromatic N) is 3. The van der Waals surface area contributed by atoms with E-state index in [0.717, 1.165) is 60.9 Å². The predicted octanol–water partition coefficient (Wildman–Crippen LogP) is 10.4. The van der Waals surface area contributed by atoms with Crippen molar-refractivity contribution in [3.8, 4) is 11.1 Å². The predicted molar refractivity (Wildman–Crippen MR) is 202 cm³/mol. The van der Waals surface area contributed by atoms with Crippen LogP contribution in [-0.4, -0.2) is 16.7 Å². The van der Waals surface area contributed by atoms with Crippen LogP contribution in [0.3, 0.4) is 0 Å². The molecule has 0 bridgehead atoms. The molecule has 0 saturated heterocycles. The van der Waals surface area contributed by atoms with Crippen molar-refractivity contribution in [2.24, 2.45) is 9.98 Å². The Morgan fingerprint density at radius 1 is 0.694 bits per heavy atom. The summed E-state index contributed by atoms with van der Waals surface area (Å²) in [5, 5.41) is 5.66. The third-order valence-corrected chi connectivity index (χ3v) is 8.57. The van der Waals surface area contributed by atoms with Gasteiger partial charge in [0.2, 0.25) is 0 Å². The van der Waals surface area contributed by atoms with Crippen LogP contribution in [0.4, 0.5) is 0 Å². The Bertz CT molecular complexity index is 2410. The molecule has 1 atom stereocenters. The average Bonchev–Trinajstić information content (AvgIpc) is 3.55. The van der Waals surface area contributed by atoms with E-state index in [2.05, 4.69) is 102 Å². The monoisotopic (exact) mass is 632 g/mol. The van der Waals surface area contributed by atoms with Gasteiger partial charge in [-0.3, -0.25) is 4.98 Å². The normalized spacial score (nSPS) is 14.9. The van der Waals surface area contributed by atoms with Crippen molar-refractivity contribution >= 4 is 45.3 Å². The minimum atomic E-state index is -0.309. The summed E-state index contributed by atoms with van der Waals surface area (Å²) < 4.78 is 6.29. The fraction of sp³-hybridized carbons (Fsp3) is 0.0227. The van der Waals surface area contributed by atoms with Crippen LogP contribution in [0.2, 0.25) is 0 Å². The smallest absolute Gasteiger partial charge is 0.159 e. The third kappa shape index (κ3) is 6.38. The van der Waals surface area contributed by atoms with Gasteiger partial charge in [-0.25, -0.2) is 9.98 Å². The summed E-state index contributed by atoms with van der Waals surface area (Å²) in [6.45, 7) is 4.51. The molecule has 3 heterocycles. The van der Waals surface area contributed by atoms with E-state index in [1.807, 2.05) is 79.0 Å². The van der Waals surface area contributed by atoms with Crippen LogP contribution in [0.25, 0.3) is 44.7 Å². The maximum absolute atomic E-state index is 6.29. The standard InChI is InChI=1S/C44H32N4O/c1-30(42-46-43(33-15-7-3-8-16-33)48-44(47-42)34-17-9-4-10-18-34)26-35(20-19-31-12-11-25-45-29-31)37-22-24-41-39(28-37)38-27-36(21-23-40(38)49-41)32-13-5-2-6-14-32/h2-29,43H,1H2,(H,46,47,48)/b20-19+,35-26+. The van der Waals surface area contributed by atoms with Gasteiger partial charge in [0.25, 0.3) is 0 Å². The maximum Gasteiger partial charge on any atom is 0.159 e. The molecule has 5 nitrogen and oxygen atoms in total. The molecule has 0 spiro atoms. The number of aliphatic imine (C=N–C) groups is 2. The zero-order valence-electron chi connectivity index (χ0n) is 26.7. The lowest BCUT2D eigenvalue weighted by atomic mass is 9.98. The van der Waals surface area contributed by atoms with Crippen molar-refractivity contribution in [3.05, 3.63) is 198 Å². The van der Waals surface area contributed by atoms with Crippen LogP contribution in [0.5, 0.6) is 0 Å². The number of rotatable bonds is 8. The largest absolute Gasteiger partial charge is 0.456 e. The molecule has 0 amide bonds. The van der Waals surface area contributed by atoms with Crippen LogP contribution in [-0.2, 0) is 0 Å². The van der Waals surface area contributed by atoms with Crippen LogP contribution >= 0.6 is 0 Å². The van der Waals surface area contributed by atoms with Crippen molar-refractivity contribution < 1.29 is 4.42 Å². The molecule has 1 unspecified atom stereocenters. The number of benzene rings is 5. The van der Waals surface area contributed by atoms with E-state index in [4.69, 9.17) is 14.4 Å². The van der Waals surface area contributed by atoms with E-state index < -0.39 is 0 Å². The molecule has 1 N–H and O–H groups in total. The topological polar surface area (TPSA) is 62.8 Å². The first-order chi connectivity index (χ1) is 24.2. The molecule has 0 aliphatic carbocycles. The molecular weight excluding hydrogens is 601 g/mol. The molecule has 0 radical (unpaired) electrons. The zero-order chi connectivity index (χ0) is 33.0. The first-order valence-electron chi connectivity index (χ1n) is 16.2. The van der Waals surface area contributed by atoms with Crippen LogP contribution in [0.1, 0.15) is 28.4 Å². The Kier molecular flexibility index (Phi) is 8.06. The summed E-state index contributed by atoms with van der Waals surface area (Å²) in [6, 6.07) is 47.3. The summed E-state index contributed by atoms with van der Waals surface area (Å²) in [4.78, 5) is 14.3. The molecule has 8 rings (SSSR count). The van der Waals surface area contributed by atoms with Crippen LogP contribution in [0.15, 0.2) is 191 Å². The van der Waals surface area contributed by atoms with Gasteiger partial charge in [0.05, 0.1) is 0 Å². The first-order valence-corrected chi connectivity index (χ1v) is 16.2. The second kappa shape index (κ2) is 13.3. The number of furan rings is 1. The van der Waals surface area contributed by atoms with Crippen molar-refractivity contribution in [3.63, 3.8) is 0 Å². The molecule has 49 heavy (non-hydrogen) atoms. The summed E-state index contributed by atoms with van der Waals surface area (Å²) >= 11 is 0. The summed E-state index contributed by atoms with van der Waals surface area (Å²) in [7, 11) is 0. The van der Waals surface area contributed by atoms with Crippen LogP contribution in [0, 0.1) is 0 Å². The number of fused-ring (bicyclic) bond motifs is 3. The molecule has 5 aromatic carbocycles. The molecule has 1 aliphatic rings. The Labute approximate surface area is 285 Å². The van der Waals surface area contributed by atoms with E-state index in [9.17, 15) is 0 Å². The molecule has 234 valence electrons. The fourth-order valence-corrected chi connectivity index (χ4v) is 6.05. The van der Waals surface area contributed by atoms with E-state index >= 15 is 0 Å². The van der Waals surface area contributed by atoms with Gasteiger partial charge in [0, 0.05) is 34.3 Å². The van der Waals surface area contributed by atoms with Gasteiger partial charge in [-0.1, -0.05) is 128 Å². The number of aromatic nitrogens is 1. The van der Waals surface area contributed by atoms with E-state index in [1.54, 1.807) is 6.20 Å². The number of allylic oxidation sites excluding steroid dienone is 2. The minimum Gasteiger partial charge on any atom is -0.456 e.